The molecule has 4 nitrogen and oxygen atoms in total. The lowest BCUT2D eigenvalue weighted by molar-refractivity contribution is -0.137. The second kappa shape index (κ2) is 4.65. The Kier molecular flexibility index (Phi) is 3.09. The highest BCUT2D eigenvalue weighted by atomic mass is 35.5. The molecule has 0 unspecified atom stereocenters. The third-order valence-corrected chi connectivity index (χ3v) is 5.57. The Bertz CT molecular complexity index is 816. The Morgan fingerprint density at radius 3 is 2.08 bits per heavy atom. The molecule has 2 bridgehead atoms. The zero-order valence-electron chi connectivity index (χ0n) is 13.2. The number of benzene rings is 1. The molecule has 132 valence electrons. The van der Waals surface area contributed by atoms with Gasteiger partial charge in [0.2, 0.25) is 11.8 Å². The van der Waals surface area contributed by atoms with Crippen LogP contribution in [0.3, 0.4) is 0 Å². The number of fused-ring (bicyclic) bond motifs is 5. The van der Waals surface area contributed by atoms with E-state index in [-0.39, 0.29) is 5.69 Å². The molecule has 2 fully saturated rings. The summed E-state index contributed by atoms with van der Waals surface area (Å²) in [5.41, 5.74) is -3.08. The standard InChI is InChI=1S/C17H13ClF3NO3/c1-15-5-6-16(2,25-15)12-11(15)13(23)22(14(12)24)8-3-4-10(18)9(7-8)17(19,20)21/h3-7,11-12H,1-2H3/t11-,12+,15+,16-. The smallest absolute Gasteiger partial charge is 0.359 e. The molecule has 1 aromatic rings. The van der Waals surface area contributed by atoms with E-state index in [0.717, 1.165) is 17.0 Å². The number of anilines is 1. The van der Waals surface area contributed by atoms with Gasteiger partial charge in [-0.25, -0.2) is 4.90 Å². The Labute approximate surface area is 146 Å². The van der Waals surface area contributed by atoms with Crippen molar-refractivity contribution in [1.82, 2.24) is 0 Å². The molecule has 1 aromatic carbocycles. The van der Waals surface area contributed by atoms with Crippen molar-refractivity contribution in [2.75, 3.05) is 4.90 Å². The largest absolute Gasteiger partial charge is 0.417 e. The van der Waals surface area contributed by atoms with Gasteiger partial charge in [0.15, 0.2) is 0 Å². The Hall–Kier alpha value is -1.86. The molecule has 0 N–H and O–H groups in total. The molecule has 0 radical (unpaired) electrons. The molecule has 25 heavy (non-hydrogen) atoms. The van der Waals surface area contributed by atoms with E-state index in [0.29, 0.717) is 0 Å². The van der Waals surface area contributed by atoms with Gasteiger partial charge < -0.3 is 4.74 Å². The minimum Gasteiger partial charge on any atom is -0.359 e. The fraction of sp³-hybridized carbons (Fsp3) is 0.412. The summed E-state index contributed by atoms with van der Waals surface area (Å²) in [6.07, 6.45) is -1.20. The highest BCUT2D eigenvalue weighted by Crippen LogP contribution is 2.57. The molecular formula is C17H13ClF3NO3. The van der Waals surface area contributed by atoms with Crippen molar-refractivity contribution in [2.24, 2.45) is 11.8 Å². The van der Waals surface area contributed by atoms with E-state index in [1.807, 2.05) is 0 Å². The van der Waals surface area contributed by atoms with E-state index < -0.39 is 51.6 Å². The van der Waals surface area contributed by atoms with Crippen LogP contribution in [-0.4, -0.2) is 23.0 Å². The number of carbonyl (C=O) groups excluding carboxylic acids is 2. The zero-order valence-corrected chi connectivity index (χ0v) is 14.0. The summed E-state index contributed by atoms with van der Waals surface area (Å²) < 4.78 is 45.1. The number of rotatable bonds is 1. The average Bonchev–Trinajstić information content (AvgIpc) is 3.04. The maximum Gasteiger partial charge on any atom is 0.417 e. The summed E-state index contributed by atoms with van der Waals surface area (Å²) >= 11 is 5.62. The quantitative estimate of drug-likeness (QED) is 0.560. The third kappa shape index (κ3) is 2.05. The van der Waals surface area contributed by atoms with Gasteiger partial charge in [0.05, 0.1) is 39.3 Å². The van der Waals surface area contributed by atoms with Crippen molar-refractivity contribution in [2.45, 2.75) is 31.2 Å². The first-order valence-corrected chi connectivity index (χ1v) is 8.01. The summed E-state index contributed by atoms with van der Waals surface area (Å²) in [4.78, 5) is 26.5. The van der Waals surface area contributed by atoms with Gasteiger partial charge >= 0.3 is 6.18 Å². The maximum atomic E-state index is 13.1. The molecule has 8 heteroatoms. The van der Waals surface area contributed by atoms with Gasteiger partial charge in [0, 0.05) is 0 Å². The van der Waals surface area contributed by atoms with Crippen LogP contribution in [-0.2, 0) is 20.5 Å². The summed E-state index contributed by atoms with van der Waals surface area (Å²) in [7, 11) is 0. The lowest BCUT2D eigenvalue weighted by Crippen LogP contribution is -2.39. The normalized spacial score (nSPS) is 36.5. The number of alkyl halides is 3. The van der Waals surface area contributed by atoms with Gasteiger partial charge in [-0.2, -0.15) is 13.2 Å². The van der Waals surface area contributed by atoms with Gasteiger partial charge in [0.1, 0.15) is 0 Å². The van der Waals surface area contributed by atoms with Crippen LogP contribution in [0.15, 0.2) is 30.4 Å². The third-order valence-electron chi connectivity index (χ3n) is 5.24. The zero-order chi connectivity index (χ0) is 18.4. The molecule has 3 aliphatic rings. The SMILES string of the molecule is C[C@]12C=C[C@](C)(O1)[C@H]1C(=O)N(c3ccc(Cl)c(C(F)(F)F)c3)C(=O)[C@H]12. The molecule has 2 saturated heterocycles. The van der Waals surface area contributed by atoms with E-state index in [1.165, 1.54) is 6.07 Å². The number of hydrogen-bond acceptors (Lipinski definition) is 3. The van der Waals surface area contributed by atoms with Gasteiger partial charge in [0.25, 0.3) is 0 Å². The molecule has 3 aliphatic heterocycles. The van der Waals surface area contributed by atoms with Crippen LogP contribution in [0, 0.1) is 11.8 Å². The van der Waals surface area contributed by atoms with Crippen molar-refractivity contribution in [3.05, 3.63) is 40.9 Å². The van der Waals surface area contributed by atoms with Gasteiger partial charge in [-0.05, 0) is 32.0 Å². The summed E-state index contributed by atoms with van der Waals surface area (Å²) in [6, 6.07) is 3.02. The summed E-state index contributed by atoms with van der Waals surface area (Å²) in [6.45, 7) is 3.41. The molecular weight excluding hydrogens is 359 g/mol. The van der Waals surface area contributed by atoms with Crippen molar-refractivity contribution in [3.63, 3.8) is 0 Å². The number of ether oxygens (including phenoxy) is 1. The first kappa shape index (κ1) is 16.6. The molecule has 0 spiro atoms. The van der Waals surface area contributed by atoms with Crippen molar-refractivity contribution >= 4 is 29.1 Å². The summed E-state index contributed by atoms with van der Waals surface area (Å²) in [5, 5.41) is -0.487. The number of carbonyl (C=O) groups is 2. The first-order chi connectivity index (χ1) is 11.5. The molecule has 2 amide bonds. The maximum absolute atomic E-state index is 13.1. The topological polar surface area (TPSA) is 46.6 Å². The number of hydrogen-bond donors (Lipinski definition) is 0. The predicted molar refractivity (Wildman–Crippen MR) is 83.0 cm³/mol. The van der Waals surface area contributed by atoms with E-state index in [9.17, 15) is 22.8 Å². The molecule has 0 aromatic heterocycles. The van der Waals surface area contributed by atoms with Crippen LogP contribution < -0.4 is 4.90 Å². The predicted octanol–water partition coefficient (Wildman–Crippen LogP) is 3.58. The van der Waals surface area contributed by atoms with Crippen LogP contribution in [0.1, 0.15) is 19.4 Å². The first-order valence-electron chi connectivity index (χ1n) is 7.63. The minimum atomic E-state index is -4.68. The Morgan fingerprint density at radius 2 is 1.60 bits per heavy atom. The van der Waals surface area contributed by atoms with Crippen LogP contribution in [0.5, 0.6) is 0 Å². The fourth-order valence-corrected chi connectivity index (χ4v) is 4.38. The van der Waals surface area contributed by atoms with E-state index in [1.54, 1.807) is 26.0 Å². The van der Waals surface area contributed by atoms with Gasteiger partial charge in [-0.3, -0.25) is 9.59 Å². The van der Waals surface area contributed by atoms with Crippen molar-refractivity contribution < 1.29 is 27.5 Å². The highest BCUT2D eigenvalue weighted by Gasteiger charge is 2.70. The molecule has 0 aliphatic carbocycles. The second-order valence-electron chi connectivity index (χ2n) is 6.93. The molecule has 3 heterocycles. The van der Waals surface area contributed by atoms with Gasteiger partial charge in [-0.15, -0.1) is 0 Å². The Morgan fingerprint density at radius 1 is 1.08 bits per heavy atom. The molecule has 4 atom stereocenters. The van der Waals surface area contributed by atoms with Crippen molar-refractivity contribution in [1.29, 1.82) is 0 Å². The molecule has 4 rings (SSSR count). The number of amides is 2. The van der Waals surface area contributed by atoms with E-state index in [4.69, 9.17) is 16.3 Å². The van der Waals surface area contributed by atoms with Crippen LogP contribution >= 0.6 is 11.6 Å². The van der Waals surface area contributed by atoms with Gasteiger partial charge in [-0.1, -0.05) is 23.8 Å². The van der Waals surface area contributed by atoms with Crippen LogP contribution in [0.25, 0.3) is 0 Å². The van der Waals surface area contributed by atoms with Crippen molar-refractivity contribution in [3.8, 4) is 0 Å². The lowest BCUT2D eigenvalue weighted by atomic mass is 9.73. The molecule has 0 saturated carbocycles. The van der Waals surface area contributed by atoms with E-state index in [2.05, 4.69) is 0 Å². The number of nitrogens with zero attached hydrogens (tertiary/aromatic N) is 1. The Balaban J connectivity index is 1.80. The van der Waals surface area contributed by atoms with Crippen LogP contribution in [0.2, 0.25) is 5.02 Å². The number of halogens is 4. The van der Waals surface area contributed by atoms with Crippen LogP contribution in [0.4, 0.5) is 18.9 Å². The minimum absolute atomic E-state index is 0.132. The summed E-state index contributed by atoms with van der Waals surface area (Å²) in [5.74, 6) is -2.61. The highest BCUT2D eigenvalue weighted by molar-refractivity contribution is 6.31. The monoisotopic (exact) mass is 371 g/mol. The fourth-order valence-electron chi connectivity index (χ4n) is 4.16. The second-order valence-corrected chi connectivity index (χ2v) is 7.34. The average molecular weight is 372 g/mol. The lowest BCUT2D eigenvalue weighted by Gasteiger charge is -2.25. The van der Waals surface area contributed by atoms with E-state index >= 15 is 0 Å². The number of imide groups is 1.